The highest BCUT2D eigenvalue weighted by Crippen LogP contribution is 2.26. The minimum atomic E-state index is -0.0711. The number of aliphatic hydroxyl groups excluding tert-OH is 1. The summed E-state index contributed by atoms with van der Waals surface area (Å²) in [4.78, 5) is 14.3. The largest absolute Gasteiger partial charge is 0.396 e. The van der Waals surface area contributed by atoms with E-state index >= 15 is 0 Å². The van der Waals surface area contributed by atoms with Gasteiger partial charge in [0.25, 0.3) is 0 Å². The van der Waals surface area contributed by atoms with Crippen molar-refractivity contribution in [2.75, 3.05) is 25.0 Å². The van der Waals surface area contributed by atoms with Crippen LogP contribution in [0.15, 0.2) is 18.2 Å². The van der Waals surface area contributed by atoms with Gasteiger partial charge in [0.2, 0.25) is 5.91 Å². The van der Waals surface area contributed by atoms with Gasteiger partial charge in [-0.1, -0.05) is 29.6 Å². The Balaban J connectivity index is 1.90. The van der Waals surface area contributed by atoms with E-state index in [9.17, 15) is 4.79 Å². The van der Waals surface area contributed by atoms with Crippen molar-refractivity contribution >= 4 is 34.8 Å². The smallest absolute Gasteiger partial charge is 0.238 e. The highest BCUT2D eigenvalue weighted by Gasteiger charge is 2.26. The number of nitrogens with one attached hydrogen (secondary N) is 1. The van der Waals surface area contributed by atoms with Crippen LogP contribution in [0.2, 0.25) is 10.0 Å². The average Bonchev–Trinajstić information content (AvgIpc) is 2.38. The molecule has 1 aromatic rings. The van der Waals surface area contributed by atoms with Crippen LogP contribution < -0.4 is 5.32 Å². The maximum Gasteiger partial charge on any atom is 0.238 e. The predicted molar refractivity (Wildman–Crippen MR) is 86.0 cm³/mol. The lowest BCUT2D eigenvalue weighted by molar-refractivity contribution is -0.118. The first-order valence-corrected chi connectivity index (χ1v) is 7.95. The van der Waals surface area contributed by atoms with E-state index in [-0.39, 0.29) is 12.5 Å². The molecule has 1 aromatic carbocycles. The van der Waals surface area contributed by atoms with Gasteiger partial charge >= 0.3 is 0 Å². The summed E-state index contributed by atoms with van der Waals surface area (Å²) in [6.45, 7) is 1.23. The van der Waals surface area contributed by atoms with Crippen molar-refractivity contribution in [1.82, 2.24) is 4.90 Å². The van der Waals surface area contributed by atoms with Crippen LogP contribution in [0.25, 0.3) is 0 Å². The van der Waals surface area contributed by atoms with Gasteiger partial charge in [0.05, 0.1) is 16.6 Å². The van der Waals surface area contributed by atoms with E-state index < -0.39 is 0 Å². The fourth-order valence-corrected chi connectivity index (χ4v) is 2.67. The predicted octanol–water partition coefficient (Wildman–Crippen LogP) is 3.17. The first kappa shape index (κ1) is 16.6. The Labute approximate surface area is 135 Å². The standard InChI is InChI=1S/C15H20Cl2N2O2/c16-13-6-5-11(9-14(13)17)18-15(21)10-19(7-2-8-20)12-3-1-4-12/h5-6,9,12,20H,1-4,7-8,10H2,(H,18,21). The van der Waals surface area contributed by atoms with Gasteiger partial charge in [-0.15, -0.1) is 0 Å². The average molecular weight is 331 g/mol. The molecule has 0 atom stereocenters. The van der Waals surface area contributed by atoms with Crippen molar-refractivity contribution in [2.45, 2.75) is 31.7 Å². The van der Waals surface area contributed by atoms with Crippen molar-refractivity contribution in [1.29, 1.82) is 0 Å². The highest BCUT2D eigenvalue weighted by atomic mass is 35.5. The Morgan fingerprint density at radius 2 is 2.10 bits per heavy atom. The maximum absolute atomic E-state index is 12.1. The number of nitrogens with zero attached hydrogens (tertiary/aromatic N) is 1. The van der Waals surface area contributed by atoms with Gasteiger partial charge in [-0.3, -0.25) is 9.69 Å². The van der Waals surface area contributed by atoms with E-state index in [0.717, 1.165) is 19.4 Å². The van der Waals surface area contributed by atoms with Crippen molar-refractivity contribution in [3.05, 3.63) is 28.2 Å². The fraction of sp³-hybridized carbons (Fsp3) is 0.533. The first-order valence-electron chi connectivity index (χ1n) is 7.20. The van der Waals surface area contributed by atoms with Gasteiger partial charge < -0.3 is 10.4 Å². The number of hydrogen-bond donors (Lipinski definition) is 2. The summed E-state index contributed by atoms with van der Waals surface area (Å²) < 4.78 is 0. The second-order valence-electron chi connectivity index (χ2n) is 5.31. The SMILES string of the molecule is O=C(CN(CCCO)C1CCC1)Nc1ccc(Cl)c(Cl)c1. The van der Waals surface area contributed by atoms with Crippen LogP contribution in [0.1, 0.15) is 25.7 Å². The molecule has 0 spiro atoms. The Hall–Kier alpha value is -0.810. The molecular weight excluding hydrogens is 311 g/mol. The molecule has 4 nitrogen and oxygen atoms in total. The lowest BCUT2D eigenvalue weighted by Crippen LogP contribution is -2.45. The van der Waals surface area contributed by atoms with Crippen molar-refractivity contribution < 1.29 is 9.90 Å². The molecule has 2 rings (SSSR count). The molecule has 0 unspecified atom stereocenters. The van der Waals surface area contributed by atoms with Crippen LogP contribution in [0.4, 0.5) is 5.69 Å². The van der Waals surface area contributed by atoms with Gasteiger partial charge in [-0.05, 0) is 37.5 Å². The molecule has 0 radical (unpaired) electrons. The zero-order valence-corrected chi connectivity index (χ0v) is 13.3. The number of rotatable bonds is 7. The third-order valence-electron chi connectivity index (χ3n) is 3.74. The Morgan fingerprint density at radius 1 is 1.33 bits per heavy atom. The number of aliphatic hydroxyl groups is 1. The highest BCUT2D eigenvalue weighted by molar-refractivity contribution is 6.42. The molecular formula is C15H20Cl2N2O2. The van der Waals surface area contributed by atoms with Crippen molar-refractivity contribution in [3.63, 3.8) is 0 Å². The van der Waals surface area contributed by atoms with E-state index in [0.29, 0.717) is 34.7 Å². The zero-order valence-electron chi connectivity index (χ0n) is 11.8. The maximum atomic E-state index is 12.1. The third-order valence-corrected chi connectivity index (χ3v) is 4.48. The number of benzene rings is 1. The van der Waals surface area contributed by atoms with Crippen molar-refractivity contribution in [2.24, 2.45) is 0 Å². The Bertz CT molecular complexity index is 493. The van der Waals surface area contributed by atoms with E-state index in [1.54, 1.807) is 18.2 Å². The summed E-state index contributed by atoms with van der Waals surface area (Å²) in [6.07, 6.45) is 4.17. The molecule has 6 heteroatoms. The Morgan fingerprint density at radius 3 is 2.67 bits per heavy atom. The topological polar surface area (TPSA) is 52.6 Å². The molecule has 0 bridgehead atoms. The third kappa shape index (κ3) is 4.85. The number of anilines is 1. The van der Waals surface area contributed by atoms with Crippen molar-refractivity contribution in [3.8, 4) is 0 Å². The molecule has 21 heavy (non-hydrogen) atoms. The minimum Gasteiger partial charge on any atom is -0.396 e. The second-order valence-corrected chi connectivity index (χ2v) is 6.12. The minimum absolute atomic E-state index is 0.0711. The first-order chi connectivity index (χ1) is 10.1. The molecule has 0 aromatic heterocycles. The van der Waals surface area contributed by atoms with E-state index in [4.69, 9.17) is 28.3 Å². The number of halogens is 2. The summed E-state index contributed by atoms with van der Waals surface area (Å²) in [5, 5.41) is 12.7. The van der Waals surface area contributed by atoms with Crippen LogP contribution in [-0.4, -0.2) is 41.7 Å². The number of carbonyl (C=O) groups excluding carboxylic acids is 1. The molecule has 2 N–H and O–H groups in total. The van der Waals surface area contributed by atoms with Crippen LogP contribution in [0, 0.1) is 0 Å². The zero-order chi connectivity index (χ0) is 15.2. The molecule has 1 fully saturated rings. The molecule has 0 heterocycles. The summed E-state index contributed by atoms with van der Waals surface area (Å²) in [6, 6.07) is 5.50. The number of carbonyl (C=O) groups is 1. The van der Waals surface area contributed by atoms with Gasteiger partial charge in [-0.2, -0.15) is 0 Å². The Kier molecular flexibility index (Phi) is 6.30. The summed E-state index contributed by atoms with van der Waals surface area (Å²) in [5.41, 5.74) is 0.644. The van der Waals surface area contributed by atoms with Crippen LogP contribution in [-0.2, 0) is 4.79 Å². The second kappa shape index (κ2) is 7.99. The molecule has 0 saturated heterocycles. The molecule has 1 amide bonds. The van der Waals surface area contributed by atoms with Gasteiger partial charge in [0.15, 0.2) is 0 Å². The fourth-order valence-electron chi connectivity index (χ4n) is 2.38. The number of amides is 1. The quantitative estimate of drug-likeness (QED) is 0.807. The molecule has 1 aliphatic carbocycles. The van der Waals surface area contributed by atoms with Gasteiger partial charge in [0, 0.05) is 24.9 Å². The molecule has 0 aliphatic heterocycles. The van der Waals surface area contributed by atoms with Crippen LogP contribution >= 0.6 is 23.2 Å². The van der Waals surface area contributed by atoms with E-state index in [1.165, 1.54) is 6.42 Å². The lowest BCUT2D eigenvalue weighted by Gasteiger charge is -2.37. The van der Waals surface area contributed by atoms with Crippen LogP contribution in [0.5, 0.6) is 0 Å². The number of hydrogen-bond acceptors (Lipinski definition) is 3. The van der Waals surface area contributed by atoms with E-state index in [2.05, 4.69) is 10.2 Å². The monoisotopic (exact) mass is 330 g/mol. The molecule has 1 saturated carbocycles. The van der Waals surface area contributed by atoms with Gasteiger partial charge in [-0.25, -0.2) is 0 Å². The summed E-state index contributed by atoms with van der Waals surface area (Å²) in [7, 11) is 0. The van der Waals surface area contributed by atoms with E-state index in [1.807, 2.05) is 0 Å². The van der Waals surface area contributed by atoms with Crippen LogP contribution in [0.3, 0.4) is 0 Å². The summed E-state index contributed by atoms with van der Waals surface area (Å²) in [5.74, 6) is -0.0711. The lowest BCUT2D eigenvalue weighted by atomic mass is 9.91. The molecule has 116 valence electrons. The molecule has 1 aliphatic rings. The summed E-state index contributed by atoms with van der Waals surface area (Å²) >= 11 is 11.8. The normalized spacial score (nSPS) is 15.0. The van der Waals surface area contributed by atoms with Gasteiger partial charge in [0.1, 0.15) is 0 Å².